The normalized spacial score (nSPS) is 14.9. The van der Waals surface area contributed by atoms with Gasteiger partial charge in [0.1, 0.15) is 23.6 Å². The summed E-state index contributed by atoms with van der Waals surface area (Å²) in [4.78, 5) is 24.5. The number of rotatable bonds is 8. The van der Waals surface area contributed by atoms with Crippen LogP contribution in [0.25, 0.3) is 0 Å². The first-order valence-corrected chi connectivity index (χ1v) is 10.0. The van der Waals surface area contributed by atoms with Crippen molar-refractivity contribution in [2.45, 2.75) is 79.6 Å². The Kier molecular flexibility index (Phi) is 8.80. The molecule has 0 aliphatic carbocycles. The predicted octanol–water partition coefficient (Wildman–Crippen LogP) is 5.35. The second-order valence-electron chi connectivity index (χ2n) is 8.59. The summed E-state index contributed by atoms with van der Waals surface area (Å²) in [6, 6.07) is 5.54. The van der Waals surface area contributed by atoms with Crippen molar-refractivity contribution in [3.05, 3.63) is 28.8 Å². The van der Waals surface area contributed by atoms with E-state index in [0.717, 1.165) is 5.56 Å². The molecule has 0 saturated heterocycles. The van der Waals surface area contributed by atoms with Crippen LogP contribution in [0.4, 0.5) is 0 Å². The lowest BCUT2D eigenvalue weighted by molar-refractivity contribution is -0.167. The summed E-state index contributed by atoms with van der Waals surface area (Å²) in [5.74, 6) is -0.907. The van der Waals surface area contributed by atoms with Crippen LogP contribution in [0.3, 0.4) is 0 Å². The zero-order chi connectivity index (χ0) is 21.6. The number of carbonyl (C=O) groups is 2. The molecule has 0 heterocycles. The summed E-state index contributed by atoms with van der Waals surface area (Å²) in [5.41, 5.74) is 0.449. The van der Waals surface area contributed by atoms with E-state index < -0.39 is 35.7 Å². The molecule has 0 bridgehead atoms. The van der Waals surface area contributed by atoms with Gasteiger partial charge in [0.2, 0.25) is 0 Å². The van der Waals surface area contributed by atoms with Crippen LogP contribution in [0.2, 0.25) is 5.02 Å². The van der Waals surface area contributed by atoms with Crippen molar-refractivity contribution < 1.29 is 23.8 Å². The van der Waals surface area contributed by atoms with Gasteiger partial charge in [-0.05, 0) is 58.2 Å². The maximum absolute atomic E-state index is 12.5. The number of esters is 2. The molecule has 3 atom stereocenters. The molecule has 0 N–H and O–H groups in total. The largest absolute Gasteiger partial charge is 0.485 e. The molecule has 0 aliphatic heterocycles. The summed E-state index contributed by atoms with van der Waals surface area (Å²) in [6.45, 7) is 14.7. The highest BCUT2D eigenvalue weighted by molar-refractivity contribution is 6.32. The fourth-order valence-electron chi connectivity index (χ4n) is 2.71. The molecule has 0 spiro atoms. The lowest BCUT2D eigenvalue weighted by Crippen LogP contribution is -2.39. The number of ether oxygens (including phenoxy) is 3. The minimum absolute atomic E-state index is 0.0249. The molecule has 6 heteroatoms. The van der Waals surface area contributed by atoms with Gasteiger partial charge >= 0.3 is 11.9 Å². The summed E-state index contributed by atoms with van der Waals surface area (Å²) in [6.07, 6.45) is -0.913. The van der Waals surface area contributed by atoms with Crippen molar-refractivity contribution >= 4 is 23.5 Å². The molecule has 28 heavy (non-hydrogen) atoms. The van der Waals surface area contributed by atoms with E-state index in [1.807, 2.05) is 39.8 Å². The van der Waals surface area contributed by atoms with Gasteiger partial charge in [0.25, 0.3) is 0 Å². The Morgan fingerprint density at radius 2 is 1.71 bits per heavy atom. The first kappa shape index (κ1) is 24.3. The summed E-state index contributed by atoms with van der Waals surface area (Å²) >= 11 is 6.24. The Morgan fingerprint density at radius 3 is 2.21 bits per heavy atom. The summed E-state index contributed by atoms with van der Waals surface area (Å²) < 4.78 is 16.9. The molecule has 0 aromatic heterocycles. The fraction of sp³-hybridized carbons (Fsp3) is 0.636. The van der Waals surface area contributed by atoms with E-state index in [2.05, 4.69) is 0 Å². The van der Waals surface area contributed by atoms with E-state index in [0.29, 0.717) is 10.8 Å². The van der Waals surface area contributed by atoms with Crippen molar-refractivity contribution in [1.82, 2.24) is 0 Å². The molecule has 158 valence electrons. The van der Waals surface area contributed by atoms with E-state index in [4.69, 9.17) is 25.8 Å². The van der Waals surface area contributed by atoms with E-state index in [-0.39, 0.29) is 12.3 Å². The molecule has 0 unspecified atom stereocenters. The van der Waals surface area contributed by atoms with E-state index in [1.54, 1.807) is 33.8 Å². The highest BCUT2D eigenvalue weighted by Gasteiger charge is 2.30. The van der Waals surface area contributed by atoms with Crippen LogP contribution >= 0.6 is 11.6 Å². The van der Waals surface area contributed by atoms with Gasteiger partial charge in [0, 0.05) is 0 Å². The average Bonchev–Trinajstić information content (AvgIpc) is 2.52. The molecule has 0 fully saturated rings. The van der Waals surface area contributed by atoms with Crippen LogP contribution in [0.15, 0.2) is 18.2 Å². The standard InChI is InChI=1S/C22H33ClO5/c1-13(2)20(16(5)26-18-10-9-14(3)11-17(18)23)27-21(25)15(4)12-19(24)28-22(6,7)8/h9-11,13,15-16,20H,12H2,1-8H3/t15-,16+,20-/m1/s1. The van der Waals surface area contributed by atoms with Crippen LogP contribution in [-0.4, -0.2) is 29.7 Å². The van der Waals surface area contributed by atoms with Gasteiger partial charge in [-0.15, -0.1) is 0 Å². The van der Waals surface area contributed by atoms with Gasteiger partial charge in [-0.1, -0.05) is 38.4 Å². The van der Waals surface area contributed by atoms with Crippen molar-refractivity contribution in [2.75, 3.05) is 0 Å². The molecular weight excluding hydrogens is 380 g/mol. The number of hydrogen-bond donors (Lipinski definition) is 0. The van der Waals surface area contributed by atoms with Crippen molar-refractivity contribution in [3.63, 3.8) is 0 Å². The molecular formula is C22H33ClO5. The highest BCUT2D eigenvalue weighted by atomic mass is 35.5. The van der Waals surface area contributed by atoms with Crippen LogP contribution in [0.5, 0.6) is 5.75 Å². The first-order chi connectivity index (χ1) is 12.8. The Labute approximate surface area is 173 Å². The number of carbonyl (C=O) groups excluding carboxylic acids is 2. The lowest BCUT2D eigenvalue weighted by atomic mass is 10.0. The monoisotopic (exact) mass is 412 g/mol. The Morgan fingerprint density at radius 1 is 1.11 bits per heavy atom. The first-order valence-electron chi connectivity index (χ1n) is 9.65. The maximum Gasteiger partial charge on any atom is 0.309 e. The Hall–Kier alpha value is -1.75. The van der Waals surface area contributed by atoms with Gasteiger partial charge < -0.3 is 14.2 Å². The average molecular weight is 413 g/mol. The Bertz CT molecular complexity index is 678. The minimum Gasteiger partial charge on any atom is -0.485 e. The molecule has 5 nitrogen and oxygen atoms in total. The van der Waals surface area contributed by atoms with Gasteiger partial charge in [-0.25, -0.2) is 0 Å². The zero-order valence-electron chi connectivity index (χ0n) is 18.2. The minimum atomic E-state index is -0.605. The zero-order valence-corrected chi connectivity index (χ0v) is 18.9. The van der Waals surface area contributed by atoms with Gasteiger partial charge in [0.15, 0.2) is 0 Å². The molecule has 1 aromatic carbocycles. The van der Waals surface area contributed by atoms with Gasteiger partial charge in [-0.3, -0.25) is 9.59 Å². The van der Waals surface area contributed by atoms with Crippen LogP contribution in [0, 0.1) is 18.8 Å². The smallest absolute Gasteiger partial charge is 0.309 e. The predicted molar refractivity (Wildman–Crippen MR) is 111 cm³/mol. The van der Waals surface area contributed by atoms with Gasteiger partial charge in [-0.2, -0.15) is 0 Å². The molecule has 1 rings (SSSR count). The summed E-state index contributed by atoms with van der Waals surface area (Å²) in [5, 5.41) is 0.513. The third-order valence-electron chi connectivity index (χ3n) is 4.07. The third kappa shape index (κ3) is 8.09. The van der Waals surface area contributed by atoms with Gasteiger partial charge in [0.05, 0.1) is 17.4 Å². The lowest BCUT2D eigenvalue weighted by Gasteiger charge is -2.29. The Balaban J connectivity index is 2.74. The van der Waals surface area contributed by atoms with E-state index >= 15 is 0 Å². The molecule has 0 amide bonds. The molecule has 0 saturated carbocycles. The van der Waals surface area contributed by atoms with Crippen LogP contribution < -0.4 is 4.74 Å². The second kappa shape index (κ2) is 10.1. The SMILES string of the molecule is Cc1ccc(O[C@@H](C)[C@H](OC(=O)[C@H](C)CC(=O)OC(C)(C)C)C(C)C)c(Cl)c1. The van der Waals surface area contributed by atoms with E-state index in [1.165, 1.54) is 0 Å². The molecule has 0 aliphatic rings. The van der Waals surface area contributed by atoms with Crippen molar-refractivity contribution in [1.29, 1.82) is 0 Å². The molecule has 1 aromatic rings. The van der Waals surface area contributed by atoms with Crippen LogP contribution in [0.1, 0.15) is 60.5 Å². The van der Waals surface area contributed by atoms with Crippen LogP contribution in [-0.2, 0) is 19.1 Å². The fourth-order valence-corrected chi connectivity index (χ4v) is 2.99. The number of hydrogen-bond acceptors (Lipinski definition) is 5. The highest BCUT2D eigenvalue weighted by Crippen LogP contribution is 2.28. The quantitative estimate of drug-likeness (QED) is 0.538. The topological polar surface area (TPSA) is 61.8 Å². The number of halogens is 1. The van der Waals surface area contributed by atoms with E-state index in [9.17, 15) is 9.59 Å². The second-order valence-corrected chi connectivity index (χ2v) is 9.00. The maximum atomic E-state index is 12.5. The molecule has 0 radical (unpaired) electrons. The number of aryl methyl sites for hydroxylation is 1. The number of benzene rings is 1. The third-order valence-corrected chi connectivity index (χ3v) is 4.36. The van der Waals surface area contributed by atoms with Crippen molar-refractivity contribution in [3.8, 4) is 5.75 Å². The van der Waals surface area contributed by atoms with Crippen molar-refractivity contribution in [2.24, 2.45) is 11.8 Å². The summed E-state index contributed by atoms with van der Waals surface area (Å²) in [7, 11) is 0.